The Labute approximate surface area is 262 Å². The molecule has 5 rings (SSSR count). The number of ketones is 2. The quantitative estimate of drug-likeness (QED) is 0.105. The number of Topliss-reactive ketones (excluding diaryl/α,β-unsaturated/α-hetero) is 2. The lowest BCUT2D eigenvalue weighted by molar-refractivity contribution is -0.385. The van der Waals surface area contributed by atoms with Gasteiger partial charge in [0.1, 0.15) is 17.1 Å². The zero-order valence-corrected chi connectivity index (χ0v) is 25.8. The van der Waals surface area contributed by atoms with Gasteiger partial charge >= 0.3 is 0 Å². The molecule has 0 bridgehead atoms. The van der Waals surface area contributed by atoms with Crippen LogP contribution in [-0.4, -0.2) is 96.0 Å². The molecule has 0 heterocycles. The first kappa shape index (κ1) is 32.4. The minimum atomic E-state index is -4.55. The Hall–Kier alpha value is -5.00. The molecule has 0 saturated heterocycles. The molecule has 0 fully saturated rings. The fourth-order valence-corrected chi connectivity index (χ4v) is 7.84. The van der Waals surface area contributed by atoms with Gasteiger partial charge in [-0.1, -0.05) is 6.07 Å². The van der Waals surface area contributed by atoms with E-state index in [2.05, 4.69) is 4.72 Å². The SMILES string of the molecule is CN(C)c1cc(NS(=O)(=O)c2cccc([N+](=O)[O-])c2)c(O)c2c1CC1CC3[C@H](N(C)C)C(O)=C(C(N)=O)C(=O)C3(O)C(O)=C1C2=O. The number of allylic oxidation sites excluding steroid dienone is 1. The summed E-state index contributed by atoms with van der Waals surface area (Å²) in [5, 5.41) is 56.7. The molecule has 2 aromatic carbocycles. The molecule has 4 atom stereocenters. The molecule has 0 aromatic heterocycles. The predicted octanol–water partition coefficient (Wildman–Crippen LogP) is 0.896. The number of nitrogens with two attached hydrogens (primary N) is 1. The van der Waals surface area contributed by atoms with E-state index in [-0.39, 0.29) is 18.4 Å². The average molecular weight is 658 g/mol. The largest absolute Gasteiger partial charge is 0.510 e. The summed E-state index contributed by atoms with van der Waals surface area (Å²) in [6.45, 7) is 0. The Balaban J connectivity index is 1.68. The van der Waals surface area contributed by atoms with Crippen LogP contribution in [0.3, 0.4) is 0 Å². The Kier molecular flexibility index (Phi) is 7.62. The lowest BCUT2D eigenvalue weighted by Gasteiger charge is -2.50. The minimum Gasteiger partial charge on any atom is -0.510 e. The number of hydrogen-bond donors (Lipinski definition) is 6. The highest BCUT2D eigenvalue weighted by molar-refractivity contribution is 7.92. The molecule has 2 aromatic rings. The second-order valence-electron chi connectivity index (χ2n) is 11.9. The van der Waals surface area contributed by atoms with Crippen LogP contribution < -0.4 is 15.4 Å². The van der Waals surface area contributed by atoms with Crippen molar-refractivity contribution in [1.82, 2.24) is 4.90 Å². The molecule has 0 radical (unpaired) electrons. The highest BCUT2D eigenvalue weighted by Crippen LogP contribution is 2.54. The number of carbonyl (C=O) groups excluding carboxylic acids is 3. The molecule has 3 unspecified atom stereocenters. The van der Waals surface area contributed by atoms with Gasteiger partial charge in [0, 0.05) is 43.4 Å². The number of phenols is 1. The fraction of sp³-hybridized carbons (Fsp3) is 0.345. The van der Waals surface area contributed by atoms with E-state index in [1.807, 2.05) is 0 Å². The number of nitrogens with one attached hydrogen (secondary N) is 1. The van der Waals surface area contributed by atoms with E-state index >= 15 is 0 Å². The van der Waals surface area contributed by atoms with Gasteiger partial charge in [-0.2, -0.15) is 0 Å². The summed E-state index contributed by atoms with van der Waals surface area (Å²) in [5.41, 5.74) is 0.367. The number of benzene rings is 2. The van der Waals surface area contributed by atoms with E-state index in [9.17, 15) is 53.3 Å². The molecule has 3 aliphatic carbocycles. The van der Waals surface area contributed by atoms with Crippen molar-refractivity contribution in [2.75, 3.05) is 37.8 Å². The number of nitro groups is 1. The monoisotopic (exact) mass is 657 g/mol. The number of non-ortho nitro benzene ring substituents is 1. The highest BCUT2D eigenvalue weighted by Gasteiger charge is 2.63. The summed E-state index contributed by atoms with van der Waals surface area (Å²) in [7, 11) is 1.70. The van der Waals surface area contributed by atoms with Gasteiger partial charge in [0.15, 0.2) is 17.1 Å². The number of hydrogen-bond acceptors (Lipinski definition) is 13. The fourth-order valence-electron chi connectivity index (χ4n) is 6.74. The number of likely N-dealkylation sites (N-methyl/N-ethyl adjacent to an activating group) is 1. The number of aliphatic hydroxyl groups excluding tert-OH is 2. The highest BCUT2D eigenvalue weighted by atomic mass is 32.2. The summed E-state index contributed by atoms with van der Waals surface area (Å²) in [4.78, 5) is 52.8. The topological polar surface area (TPSA) is 254 Å². The van der Waals surface area contributed by atoms with E-state index in [1.54, 1.807) is 19.0 Å². The smallest absolute Gasteiger partial charge is 0.270 e. The van der Waals surface area contributed by atoms with Crippen LogP contribution in [0.2, 0.25) is 0 Å². The summed E-state index contributed by atoms with van der Waals surface area (Å²) in [6, 6.07) is 4.30. The molecule has 17 heteroatoms. The minimum absolute atomic E-state index is 0.0203. The zero-order chi connectivity index (χ0) is 34.2. The van der Waals surface area contributed by atoms with Gasteiger partial charge in [0.25, 0.3) is 21.6 Å². The van der Waals surface area contributed by atoms with Crippen molar-refractivity contribution in [1.29, 1.82) is 0 Å². The number of primary amides is 1. The van der Waals surface area contributed by atoms with E-state index in [1.165, 1.54) is 25.1 Å². The number of aliphatic hydroxyl groups is 3. The molecule has 0 saturated carbocycles. The van der Waals surface area contributed by atoms with Gasteiger partial charge in [0.2, 0.25) is 5.78 Å². The van der Waals surface area contributed by atoms with Crippen LogP contribution >= 0.6 is 0 Å². The van der Waals surface area contributed by atoms with E-state index in [0.29, 0.717) is 5.69 Å². The molecule has 3 aliphatic rings. The Bertz CT molecular complexity index is 1920. The lowest BCUT2D eigenvalue weighted by atomic mass is 9.58. The summed E-state index contributed by atoms with van der Waals surface area (Å²) >= 11 is 0. The maximum Gasteiger partial charge on any atom is 0.270 e. The van der Waals surface area contributed by atoms with Gasteiger partial charge in [-0.05, 0) is 50.6 Å². The maximum atomic E-state index is 14.1. The van der Waals surface area contributed by atoms with Crippen LogP contribution in [0, 0.1) is 22.0 Å². The van der Waals surface area contributed by atoms with Gasteiger partial charge < -0.3 is 31.1 Å². The van der Waals surface area contributed by atoms with Gasteiger partial charge in [0.05, 0.1) is 27.1 Å². The number of nitro benzene ring substituents is 1. The second-order valence-corrected chi connectivity index (χ2v) is 13.5. The van der Waals surface area contributed by atoms with E-state index in [0.717, 1.165) is 24.3 Å². The van der Waals surface area contributed by atoms with Crippen molar-refractivity contribution in [2.45, 2.75) is 29.4 Å². The lowest BCUT2D eigenvalue weighted by Crippen LogP contribution is -2.63. The van der Waals surface area contributed by atoms with Crippen molar-refractivity contribution < 1.29 is 48.2 Å². The normalized spacial score (nSPS) is 24.3. The summed E-state index contributed by atoms with van der Waals surface area (Å²) in [6.07, 6.45) is -0.145. The molecule has 1 amide bonds. The Morgan fingerprint density at radius 2 is 1.78 bits per heavy atom. The predicted molar refractivity (Wildman–Crippen MR) is 162 cm³/mol. The number of phenolic OH excluding ortho intramolecular Hbond substituents is 1. The van der Waals surface area contributed by atoms with Crippen molar-refractivity contribution in [3.8, 4) is 5.75 Å². The van der Waals surface area contributed by atoms with E-state index in [4.69, 9.17) is 5.73 Å². The molecule has 16 nitrogen and oxygen atoms in total. The van der Waals surface area contributed by atoms with Crippen LogP contribution in [0.15, 0.2) is 57.9 Å². The third-order valence-electron chi connectivity index (χ3n) is 8.76. The van der Waals surface area contributed by atoms with Crippen LogP contribution in [-0.2, 0) is 26.0 Å². The number of fused-ring (bicyclic) bond motifs is 3. The third-order valence-corrected chi connectivity index (χ3v) is 10.1. The van der Waals surface area contributed by atoms with E-state index < -0.39 is 106 Å². The molecule has 46 heavy (non-hydrogen) atoms. The molecular weight excluding hydrogens is 626 g/mol. The van der Waals surface area contributed by atoms with Crippen LogP contribution in [0.1, 0.15) is 22.3 Å². The average Bonchev–Trinajstić information content (AvgIpc) is 2.95. The number of anilines is 2. The van der Waals surface area contributed by atoms with Gasteiger partial charge in [-0.3, -0.25) is 34.1 Å². The number of sulfonamides is 1. The van der Waals surface area contributed by atoms with Gasteiger partial charge in [-0.25, -0.2) is 8.42 Å². The van der Waals surface area contributed by atoms with Crippen molar-refractivity contribution >= 4 is 44.6 Å². The first-order valence-electron chi connectivity index (χ1n) is 13.8. The molecular formula is C29H31N5O11S. The third kappa shape index (κ3) is 4.65. The molecule has 0 aliphatic heterocycles. The Morgan fingerprint density at radius 3 is 2.35 bits per heavy atom. The Morgan fingerprint density at radius 1 is 1.13 bits per heavy atom. The van der Waals surface area contributed by atoms with Crippen LogP contribution in [0.5, 0.6) is 5.75 Å². The molecule has 7 N–H and O–H groups in total. The maximum absolute atomic E-state index is 14.1. The standard InChI is InChI=1S/C29H31N5O11S/c1-32(2)18-11-17(31-46(44,45)14-7-5-6-13(10-14)34(42)43)23(35)20-15(18)8-12-9-16-22(33(3)4)25(37)21(28(30)40)27(39)29(16,41)26(38)19(12)24(20)36/h5-7,10-12,16,22,31,35,37-38,41H,8-9H2,1-4H3,(H2,30,40)/t12?,16?,22-,29?/m0/s1. The second kappa shape index (κ2) is 10.8. The number of rotatable bonds is 7. The summed E-state index contributed by atoms with van der Waals surface area (Å²) in [5.74, 6) is -8.39. The number of amides is 1. The van der Waals surface area contributed by atoms with Crippen molar-refractivity contribution in [2.24, 2.45) is 17.6 Å². The first-order chi connectivity index (χ1) is 21.3. The number of carbonyl (C=O) groups is 3. The first-order valence-corrected chi connectivity index (χ1v) is 15.3. The zero-order valence-electron chi connectivity index (χ0n) is 25.0. The van der Waals surface area contributed by atoms with Crippen molar-refractivity contribution in [3.05, 3.63) is 74.2 Å². The molecule has 0 spiro atoms. The molecule has 244 valence electrons. The summed E-state index contributed by atoms with van der Waals surface area (Å²) < 4.78 is 28.7. The van der Waals surface area contributed by atoms with Gasteiger partial charge in [-0.15, -0.1) is 0 Å². The number of aromatic hydroxyl groups is 1. The van der Waals surface area contributed by atoms with Crippen LogP contribution in [0.4, 0.5) is 17.1 Å². The number of nitrogens with zero attached hydrogens (tertiary/aromatic N) is 3. The van der Waals surface area contributed by atoms with Crippen LogP contribution in [0.25, 0.3) is 0 Å². The van der Waals surface area contributed by atoms with Crippen molar-refractivity contribution in [3.63, 3.8) is 0 Å².